The number of hydrogen-bond acceptors (Lipinski definition) is 5. The Morgan fingerprint density at radius 3 is 1.17 bits per heavy atom. The van der Waals surface area contributed by atoms with Crippen molar-refractivity contribution in [3.63, 3.8) is 0 Å². The van der Waals surface area contributed by atoms with Crippen molar-refractivity contribution in [2.45, 2.75) is 20.8 Å². The highest BCUT2D eigenvalue weighted by molar-refractivity contribution is 5.82. The number of aliphatic carboxylic acids is 1. The molecule has 0 heterocycles. The molecule has 0 bridgehead atoms. The normalized spacial score (nSPS) is 6.58. The number of carbonyl (C=O) groups is 3. The predicted molar refractivity (Wildman–Crippen MR) is 39.1 cm³/mol. The molecule has 0 spiro atoms. The van der Waals surface area contributed by atoms with E-state index in [1.807, 2.05) is 0 Å². The summed E-state index contributed by atoms with van der Waals surface area (Å²) in [5, 5.41) is 8.89. The van der Waals surface area contributed by atoms with E-state index in [0.29, 0.717) is 0 Å². The Morgan fingerprint density at radius 2 is 1.17 bits per heavy atom. The largest absolute Gasteiger partial charge is 0.550 e. The molecule has 0 saturated carbocycles. The Hall–Kier alpha value is -1.43. The third-order valence-corrected chi connectivity index (χ3v) is 0.287. The lowest BCUT2D eigenvalue weighted by molar-refractivity contribution is -0.302. The van der Waals surface area contributed by atoms with Crippen LogP contribution < -0.4 is 11.3 Å². The van der Waals surface area contributed by atoms with E-state index in [9.17, 15) is 9.59 Å². The molecule has 6 nitrogen and oxygen atoms in total. The highest BCUT2D eigenvalue weighted by Gasteiger charge is 1.93. The molecule has 0 unspecified atom stereocenters. The maximum atomic E-state index is 9.81. The molecule has 0 radical (unpaired) electrons. The fourth-order valence-corrected chi connectivity index (χ4v) is 0.202. The summed E-state index contributed by atoms with van der Waals surface area (Å²) in [6, 6.07) is 0. The standard InChI is InChI=1S/C4H6O3.C2H4O2.H3N/c1-3(5)7-4(2)6;1-2(3)4;/h1-2H3;1H3,(H,3,4);1H3. The molecule has 0 aliphatic rings. The van der Waals surface area contributed by atoms with Gasteiger partial charge in [0.2, 0.25) is 0 Å². The zero-order valence-electron chi connectivity index (χ0n) is 7.54. The summed E-state index contributed by atoms with van der Waals surface area (Å²) in [7, 11) is 0. The summed E-state index contributed by atoms with van der Waals surface area (Å²) < 4.78 is 3.97. The number of ether oxygens (including phenoxy) is 1. The lowest BCUT2D eigenvalue weighted by Crippen LogP contribution is -2.16. The fourth-order valence-electron chi connectivity index (χ4n) is 0.202. The number of carbonyl (C=O) groups excluding carboxylic acids is 3. The summed E-state index contributed by atoms with van der Waals surface area (Å²) in [6.45, 7) is 3.34. The van der Waals surface area contributed by atoms with Crippen LogP contribution in [0.5, 0.6) is 0 Å². The molecule has 0 aliphatic carbocycles. The number of quaternary nitrogens is 1. The monoisotopic (exact) mass is 179 g/mol. The van der Waals surface area contributed by atoms with Crippen molar-refractivity contribution in [3.05, 3.63) is 0 Å². The predicted octanol–water partition coefficient (Wildman–Crippen LogP) is -0.772. The van der Waals surface area contributed by atoms with Gasteiger partial charge in [-0.05, 0) is 6.92 Å². The summed E-state index contributed by atoms with van der Waals surface area (Å²) in [5.41, 5.74) is 0. The van der Waals surface area contributed by atoms with Crippen LogP contribution in [0.1, 0.15) is 20.8 Å². The second-order valence-corrected chi connectivity index (χ2v) is 1.58. The van der Waals surface area contributed by atoms with E-state index in [-0.39, 0.29) is 6.15 Å². The maximum absolute atomic E-state index is 9.81. The average molecular weight is 179 g/mol. The lowest BCUT2D eigenvalue weighted by atomic mass is 10.7. The topological polar surface area (TPSA) is 120 Å². The quantitative estimate of drug-likeness (QED) is 0.386. The Labute approximate surface area is 70.1 Å². The zero-order chi connectivity index (χ0) is 9.44. The van der Waals surface area contributed by atoms with E-state index in [4.69, 9.17) is 9.90 Å². The molecule has 0 atom stereocenters. The molecule has 6 heteroatoms. The van der Waals surface area contributed by atoms with Crippen molar-refractivity contribution >= 4 is 17.9 Å². The van der Waals surface area contributed by atoms with Gasteiger partial charge in [-0.3, -0.25) is 9.59 Å². The second-order valence-electron chi connectivity index (χ2n) is 1.58. The number of hydrogen-bond donors (Lipinski definition) is 1. The van der Waals surface area contributed by atoms with Crippen molar-refractivity contribution in [3.8, 4) is 0 Å². The van der Waals surface area contributed by atoms with Gasteiger partial charge in [0.1, 0.15) is 0 Å². The minimum atomic E-state index is -1.08. The minimum Gasteiger partial charge on any atom is -0.550 e. The highest BCUT2D eigenvalue weighted by Crippen LogP contribution is 1.73. The summed E-state index contributed by atoms with van der Waals surface area (Å²) >= 11 is 0. The van der Waals surface area contributed by atoms with Gasteiger partial charge in [-0.15, -0.1) is 0 Å². The maximum Gasteiger partial charge on any atom is 0.310 e. The number of esters is 2. The van der Waals surface area contributed by atoms with Gasteiger partial charge in [-0.25, -0.2) is 0 Å². The molecule has 0 rings (SSSR count). The van der Waals surface area contributed by atoms with Crippen LogP contribution in [-0.2, 0) is 19.1 Å². The first-order valence-corrected chi connectivity index (χ1v) is 2.72. The first kappa shape index (κ1) is 16.9. The first-order chi connectivity index (χ1) is 4.86. The van der Waals surface area contributed by atoms with Crippen LogP contribution in [0.15, 0.2) is 0 Å². The van der Waals surface area contributed by atoms with Gasteiger partial charge in [-0.1, -0.05) is 0 Å². The smallest absolute Gasteiger partial charge is 0.310 e. The van der Waals surface area contributed by atoms with Crippen molar-refractivity contribution in [2.75, 3.05) is 0 Å². The molecule has 4 N–H and O–H groups in total. The summed E-state index contributed by atoms with van der Waals surface area (Å²) in [5.74, 6) is -2.21. The van der Waals surface area contributed by atoms with E-state index in [1.165, 1.54) is 13.8 Å². The van der Waals surface area contributed by atoms with E-state index in [1.54, 1.807) is 0 Å². The third kappa shape index (κ3) is 74.4. The molecular weight excluding hydrogens is 166 g/mol. The van der Waals surface area contributed by atoms with Crippen LogP contribution >= 0.6 is 0 Å². The molecule has 0 fully saturated rings. The molecule has 0 aromatic rings. The third-order valence-electron chi connectivity index (χ3n) is 0.287. The van der Waals surface area contributed by atoms with Crippen molar-refractivity contribution < 1.29 is 24.2 Å². The molecule has 72 valence electrons. The lowest BCUT2D eigenvalue weighted by Gasteiger charge is -1.87. The van der Waals surface area contributed by atoms with E-state index >= 15 is 0 Å². The molecule has 0 amide bonds. The molecule has 0 aromatic carbocycles. The Kier molecular flexibility index (Phi) is 13.5. The van der Waals surface area contributed by atoms with Crippen LogP contribution in [0.2, 0.25) is 0 Å². The number of rotatable bonds is 0. The fraction of sp³-hybridized carbons (Fsp3) is 0.500. The van der Waals surface area contributed by atoms with Gasteiger partial charge in [0, 0.05) is 19.8 Å². The molecule has 0 aromatic heterocycles. The Bertz CT molecular complexity index is 149. The van der Waals surface area contributed by atoms with Gasteiger partial charge in [0.15, 0.2) is 0 Å². The van der Waals surface area contributed by atoms with Crippen LogP contribution in [0.3, 0.4) is 0 Å². The number of carboxylic acid groups (broad SMARTS) is 1. The number of carboxylic acids is 1. The van der Waals surface area contributed by atoms with Crippen molar-refractivity contribution in [2.24, 2.45) is 0 Å². The molecule has 12 heavy (non-hydrogen) atoms. The SMILES string of the molecule is CC(=O)OC(C)=O.CC(=O)[O-].[NH4+]. The Balaban J connectivity index is -0.000000142. The van der Waals surface area contributed by atoms with Gasteiger partial charge < -0.3 is 20.8 Å². The average Bonchev–Trinajstić information content (AvgIpc) is 1.56. The summed E-state index contributed by atoms with van der Waals surface area (Å²) in [4.78, 5) is 28.5. The van der Waals surface area contributed by atoms with E-state index < -0.39 is 17.9 Å². The van der Waals surface area contributed by atoms with Crippen LogP contribution in [0.25, 0.3) is 0 Å². The second kappa shape index (κ2) is 9.57. The molecule has 0 aliphatic heterocycles. The first-order valence-electron chi connectivity index (χ1n) is 2.72. The molecule has 0 saturated heterocycles. The highest BCUT2D eigenvalue weighted by atomic mass is 16.6. The van der Waals surface area contributed by atoms with Gasteiger partial charge in [0.25, 0.3) is 0 Å². The van der Waals surface area contributed by atoms with E-state index in [2.05, 4.69) is 4.74 Å². The van der Waals surface area contributed by atoms with Crippen LogP contribution in [0, 0.1) is 0 Å². The van der Waals surface area contributed by atoms with Crippen molar-refractivity contribution in [1.82, 2.24) is 6.15 Å². The zero-order valence-corrected chi connectivity index (χ0v) is 7.54. The van der Waals surface area contributed by atoms with E-state index in [0.717, 1.165) is 6.92 Å². The Morgan fingerprint density at radius 1 is 1.00 bits per heavy atom. The van der Waals surface area contributed by atoms with Gasteiger partial charge >= 0.3 is 11.9 Å². The van der Waals surface area contributed by atoms with Gasteiger partial charge in [-0.2, -0.15) is 0 Å². The van der Waals surface area contributed by atoms with Crippen LogP contribution in [0.4, 0.5) is 0 Å². The minimum absolute atomic E-state index is 0. The van der Waals surface area contributed by atoms with Crippen LogP contribution in [-0.4, -0.2) is 17.9 Å². The molecular formula is C6H13NO5. The van der Waals surface area contributed by atoms with Gasteiger partial charge in [0.05, 0.1) is 0 Å². The summed E-state index contributed by atoms with van der Waals surface area (Å²) in [6.07, 6.45) is 0. The van der Waals surface area contributed by atoms with Crippen molar-refractivity contribution in [1.29, 1.82) is 0 Å².